The lowest BCUT2D eigenvalue weighted by atomic mass is 10.1. The summed E-state index contributed by atoms with van der Waals surface area (Å²) in [6.07, 6.45) is -3.65. The van der Waals surface area contributed by atoms with E-state index in [4.69, 9.17) is 26.2 Å². The third-order valence-corrected chi connectivity index (χ3v) is 5.85. The first kappa shape index (κ1) is 27.6. The summed E-state index contributed by atoms with van der Waals surface area (Å²) in [6, 6.07) is 15.6. The van der Waals surface area contributed by atoms with E-state index in [1.165, 1.54) is 30.0 Å². The number of benzene rings is 3. The molecule has 0 aliphatic heterocycles. The van der Waals surface area contributed by atoms with Crippen molar-refractivity contribution < 1.29 is 42.1 Å². The van der Waals surface area contributed by atoms with Crippen molar-refractivity contribution in [2.24, 2.45) is 0 Å². The van der Waals surface area contributed by atoms with Crippen LogP contribution in [0.15, 0.2) is 72.9 Å². The summed E-state index contributed by atoms with van der Waals surface area (Å²) < 4.78 is 54.5. The van der Waals surface area contributed by atoms with Gasteiger partial charge in [-0.2, -0.15) is 0 Å². The predicted molar refractivity (Wildman–Crippen MR) is 138 cm³/mol. The maximum absolute atomic E-state index is 13.9. The average Bonchev–Trinajstić information content (AvgIpc) is 3.29. The van der Waals surface area contributed by atoms with E-state index < -0.39 is 30.0 Å². The first-order valence-corrected chi connectivity index (χ1v) is 11.9. The Bertz CT molecular complexity index is 1490. The van der Waals surface area contributed by atoms with Gasteiger partial charge in [-0.1, -0.05) is 23.7 Å². The molecule has 3 aromatic carbocycles. The second kappa shape index (κ2) is 11.6. The molecule has 0 spiro atoms. The summed E-state index contributed by atoms with van der Waals surface area (Å²) in [7, 11) is 1.44. The number of nitrogens with zero attached hydrogens (tertiary/aromatic N) is 1. The van der Waals surface area contributed by atoms with Crippen LogP contribution in [0.25, 0.3) is 10.9 Å². The Morgan fingerprint density at radius 1 is 1.00 bits per heavy atom. The molecule has 0 bridgehead atoms. The number of halogens is 4. The fourth-order valence-electron chi connectivity index (χ4n) is 3.86. The monoisotopic (exact) mass is 562 g/mol. The molecular formula is C27H22ClF3N2O6. The van der Waals surface area contributed by atoms with Gasteiger partial charge in [-0.3, -0.25) is 14.2 Å². The highest BCUT2D eigenvalue weighted by molar-refractivity contribution is 6.30. The van der Waals surface area contributed by atoms with Crippen LogP contribution in [0.2, 0.25) is 5.02 Å². The van der Waals surface area contributed by atoms with Gasteiger partial charge in [0.25, 0.3) is 5.91 Å². The number of ether oxygens (including phenoxy) is 3. The highest BCUT2D eigenvalue weighted by Crippen LogP contribution is 2.32. The van der Waals surface area contributed by atoms with E-state index in [0.717, 1.165) is 6.07 Å². The molecule has 0 amide bonds. The van der Waals surface area contributed by atoms with Gasteiger partial charge < -0.3 is 24.6 Å². The van der Waals surface area contributed by atoms with E-state index in [9.17, 15) is 22.8 Å². The summed E-state index contributed by atoms with van der Waals surface area (Å²) in [5.41, 5.74) is 1.14. The van der Waals surface area contributed by atoms with Crippen molar-refractivity contribution in [3.05, 3.63) is 83.5 Å². The number of carbonyl (C=O) groups excluding carboxylic acids is 1. The molecule has 0 saturated heterocycles. The van der Waals surface area contributed by atoms with Crippen molar-refractivity contribution in [1.82, 2.24) is 4.57 Å². The van der Waals surface area contributed by atoms with E-state index in [1.54, 1.807) is 48.5 Å². The Labute approximate surface area is 225 Å². The molecule has 39 heavy (non-hydrogen) atoms. The molecule has 2 N–H and O–H groups in total. The minimum Gasteiger partial charge on any atom is -0.497 e. The first-order chi connectivity index (χ1) is 18.5. The number of carboxylic acid groups (broad SMARTS) is 1. The average molecular weight is 563 g/mol. The maximum Gasteiger partial charge on any atom is 0.573 e. The van der Waals surface area contributed by atoms with Crippen LogP contribution in [0.4, 0.5) is 18.9 Å². The second-order valence-electron chi connectivity index (χ2n) is 8.31. The predicted octanol–water partition coefficient (Wildman–Crippen LogP) is 6.55. The van der Waals surface area contributed by atoms with Crippen LogP contribution in [0.3, 0.4) is 0 Å². The molecule has 1 atom stereocenters. The van der Waals surface area contributed by atoms with Crippen LogP contribution in [0, 0.1) is 0 Å². The molecule has 1 heterocycles. The minimum atomic E-state index is -4.89. The molecule has 1 unspecified atom stereocenters. The van der Waals surface area contributed by atoms with Crippen LogP contribution in [0.5, 0.6) is 17.2 Å². The molecule has 0 saturated carbocycles. The summed E-state index contributed by atoms with van der Waals surface area (Å²) in [6.45, 7) is -0.0842. The van der Waals surface area contributed by atoms with Crippen LogP contribution >= 0.6 is 11.6 Å². The lowest BCUT2D eigenvalue weighted by Gasteiger charge is -2.21. The van der Waals surface area contributed by atoms with Crippen molar-refractivity contribution in [2.75, 3.05) is 19.0 Å². The number of hydrogen-bond acceptors (Lipinski definition) is 6. The third-order valence-electron chi connectivity index (χ3n) is 5.60. The number of nitrogens with one attached hydrogen (secondary N) is 1. The van der Waals surface area contributed by atoms with Gasteiger partial charge in [0.05, 0.1) is 25.7 Å². The minimum absolute atomic E-state index is 0.0842. The Morgan fingerprint density at radius 3 is 2.38 bits per heavy atom. The van der Waals surface area contributed by atoms with Gasteiger partial charge in [0.1, 0.15) is 23.3 Å². The quantitative estimate of drug-likeness (QED) is 0.226. The Kier molecular flexibility index (Phi) is 8.20. The molecule has 0 radical (unpaired) electrons. The van der Waals surface area contributed by atoms with Gasteiger partial charge >= 0.3 is 12.3 Å². The number of fused-ring (bicyclic) bond motifs is 1. The van der Waals surface area contributed by atoms with Gasteiger partial charge in [0, 0.05) is 46.6 Å². The number of rotatable bonds is 10. The molecule has 0 fully saturated rings. The zero-order valence-corrected chi connectivity index (χ0v) is 21.1. The summed E-state index contributed by atoms with van der Waals surface area (Å²) in [5, 5.41) is 13.0. The van der Waals surface area contributed by atoms with Crippen molar-refractivity contribution in [2.45, 2.75) is 18.8 Å². The number of hydrogen-bond donors (Lipinski definition) is 2. The number of alkyl halides is 3. The zero-order valence-electron chi connectivity index (χ0n) is 20.4. The molecule has 0 aliphatic carbocycles. The second-order valence-corrected chi connectivity index (χ2v) is 8.75. The molecule has 204 valence electrons. The van der Waals surface area contributed by atoms with Crippen LogP contribution in [-0.4, -0.2) is 41.6 Å². The fourth-order valence-corrected chi connectivity index (χ4v) is 3.98. The number of aliphatic carboxylic acids is 1. The van der Waals surface area contributed by atoms with Crippen LogP contribution in [0.1, 0.15) is 22.8 Å². The number of anilines is 1. The van der Waals surface area contributed by atoms with E-state index in [1.807, 2.05) is 0 Å². The smallest absolute Gasteiger partial charge is 0.497 e. The fraction of sp³-hybridized carbons (Fsp3) is 0.185. The molecule has 4 rings (SSSR count). The first-order valence-electron chi connectivity index (χ1n) is 11.5. The third kappa shape index (κ3) is 7.14. The SMILES string of the molecule is COc1cc(NC(C(=O)n2ccc3ccc(OC(F)(F)F)cc32)c2ccc(Cl)cc2)cc(OCCC(=O)O)c1. The Morgan fingerprint density at radius 2 is 1.72 bits per heavy atom. The van der Waals surface area contributed by atoms with Gasteiger partial charge in [0.15, 0.2) is 0 Å². The largest absolute Gasteiger partial charge is 0.573 e. The molecule has 8 nitrogen and oxygen atoms in total. The molecule has 0 aliphatic rings. The summed E-state index contributed by atoms with van der Waals surface area (Å²) in [5.74, 6) is -1.30. The number of carboxylic acids is 1. The van der Waals surface area contributed by atoms with Crippen molar-refractivity contribution in [1.29, 1.82) is 0 Å². The molecule has 4 aromatic rings. The van der Waals surface area contributed by atoms with E-state index in [0.29, 0.717) is 33.2 Å². The van der Waals surface area contributed by atoms with Crippen molar-refractivity contribution in [3.63, 3.8) is 0 Å². The molecular weight excluding hydrogens is 541 g/mol. The summed E-state index contributed by atoms with van der Waals surface area (Å²) >= 11 is 6.04. The zero-order chi connectivity index (χ0) is 28.2. The lowest BCUT2D eigenvalue weighted by molar-refractivity contribution is -0.274. The van der Waals surface area contributed by atoms with E-state index in [2.05, 4.69) is 10.1 Å². The van der Waals surface area contributed by atoms with Crippen molar-refractivity contribution >= 4 is 40.1 Å². The normalized spacial score (nSPS) is 12.1. The van der Waals surface area contributed by atoms with Gasteiger partial charge in [-0.05, 0) is 35.9 Å². The summed E-state index contributed by atoms with van der Waals surface area (Å²) in [4.78, 5) is 24.7. The van der Waals surface area contributed by atoms with Gasteiger partial charge in [0.2, 0.25) is 0 Å². The highest BCUT2D eigenvalue weighted by atomic mass is 35.5. The molecule has 1 aromatic heterocycles. The highest BCUT2D eigenvalue weighted by Gasteiger charge is 2.31. The number of aromatic nitrogens is 1. The van der Waals surface area contributed by atoms with Crippen molar-refractivity contribution in [3.8, 4) is 17.2 Å². The maximum atomic E-state index is 13.9. The Hall–Kier alpha value is -4.38. The van der Waals surface area contributed by atoms with Crippen LogP contribution in [-0.2, 0) is 4.79 Å². The Balaban J connectivity index is 1.71. The molecule has 12 heteroatoms. The van der Waals surface area contributed by atoms with Crippen LogP contribution < -0.4 is 19.5 Å². The topological polar surface area (TPSA) is 99.0 Å². The van der Waals surface area contributed by atoms with E-state index >= 15 is 0 Å². The number of carbonyl (C=O) groups is 2. The van der Waals surface area contributed by atoms with Gasteiger partial charge in [-0.15, -0.1) is 13.2 Å². The number of methoxy groups -OCH3 is 1. The standard InChI is InChI=1S/C27H22ClF3N2O6/c1-37-21-12-19(13-22(14-21)38-11-9-24(34)35)32-25(17-2-5-18(28)6-3-17)26(36)33-10-8-16-4-7-20(15-23(16)33)39-27(29,30)31/h2-8,10,12-15,25,32H,9,11H2,1H3,(H,34,35). The van der Waals surface area contributed by atoms with E-state index in [-0.39, 0.29) is 18.5 Å². The lowest BCUT2D eigenvalue weighted by Crippen LogP contribution is -2.26. The van der Waals surface area contributed by atoms with Gasteiger partial charge in [-0.25, -0.2) is 0 Å².